The predicted molar refractivity (Wildman–Crippen MR) is 117 cm³/mol. The van der Waals surface area contributed by atoms with Crippen LogP contribution in [0.15, 0.2) is 18.2 Å². The van der Waals surface area contributed by atoms with E-state index in [2.05, 4.69) is 19.2 Å². The van der Waals surface area contributed by atoms with E-state index in [1.54, 1.807) is 23.1 Å². The number of rotatable bonds is 6. The first-order valence-corrected chi connectivity index (χ1v) is 10.7. The Morgan fingerprint density at radius 1 is 1.17 bits per heavy atom. The maximum absolute atomic E-state index is 13.0. The predicted octanol–water partition coefficient (Wildman–Crippen LogP) is 3.12. The third-order valence-corrected chi connectivity index (χ3v) is 5.51. The fourth-order valence-electron chi connectivity index (χ4n) is 3.37. The number of fused-ring (bicyclic) bond motifs is 1. The van der Waals surface area contributed by atoms with Crippen molar-refractivity contribution in [2.24, 2.45) is 5.92 Å². The number of amides is 2. The Hall–Kier alpha value is -2.41. The van der Waals surface area contributed by atoms with Gasteiger partial charge in [-0.25, -0.2) is 4.79 Å². The third kappa shape index (κ3) is 5.01. The van der Waals surface area contributed by atoms with Crippen LogP contribution in [0.5, 0.6) is 0 Å². The fraction of sp³-hybridized carbons (Fsp3) is 0.609. The maximum Gasteiger partial charge on any atom is 0.338 e. The molecule has 1 fully saturated rings. The van der Waals surface area contributed by atoms with Crippen LogP contribution < -0.4 is 15.1 Å². The van der Waals surface area contributed by atoms with Crippen molar-refractivity contribution < 1.29 is 19.1 Å². The van der Waals surface area contributed by atoms with E-state index in [9.17, 15) is 14.4 Å². The molecule has 1 saturated carbocycles. The van der Waals surface area contributed by atoms with E-state index < -0.39 is 11.6 Å². The van der Waals surface area contributed by atoms with E-state index in [-0.39, 0.29) is 37.0 Å². The van der Waals surface area contributed by atoms with Crippen LogP contribution in [-0.2, 0) is 14.3 Å². The summed E-state index contributed by atoms with van der Waals surface area (Å²) < 4.78 is 5.49. The summed E-state index contributed by atoms with van der Waals surface area (Å²) in [5.41, 5.74) is 1.03. The van der Waals surface area contributed by atoms with Crippen molar-refractivity contribution in [1.29, 1.82) is 0 Å². The highest BCUT2D eigenvalue weighted by Crippen LogP contribution is 2.41. The van der Waals surface area contributed by atoms with Gasteiger partial charge in [0.25, 0.3) is 0 Å². The number of benzene rings is 1. The van der Waals surface area contributed by atoms with Crippen LogP contribution in [0.2, 0.25) is 0 Å². The molecule has 0 saturated heterocycles. The van der Waals surface area contributed by atoms with E-state index in [1.807, 2.05) is 27.7 Å². The summed E-state index contributed by atoms with van der Waals surface area (Å²) in [7, 11) is 0. The maximum atomic E-state index is 13.0. The molecule has 30 heavy (non-hydrogen) atoms. The molecule has 1 aromatic carbocycles. The summed E-state index contributed by atoms with van der Waals surface area (Å²) in [4.78, 5) is 41.7. The van der Waals surface area contributed by atoms with Gasteiger partial charge in [-0.1, -0.05) is 13.8 Å². The lowest BCUT2D eigenvalue weighted by atomic mass is 10.1. The van der Waals surface area contributed by atoms with Crippen LogP contribution in [-0.4, -0.2) is 48.6 Å². The molecule has 1 heterocycles. The van der Waals surface area contributed by atoms with Crippen molar-refractivity contribution in [3.8, 4) is 0 Å². The molecule has 0 bridgehead atoms. The molecule has 7 nitrogen and oxygen atoms in total. The first-order valence-electron chi connectivity index (χ1n) is 10.7. The molecule has 0 unspecified atom stereocenters. The largest absolute Gasteiger partial charge is 0.456 e. The van der Waals surface area contributed by atoms with Gasteiger partial charge in [-0.15, -0.1) is 0 Å². The molecule has 1 N–H and O–H groups in total. The summed E-state index contributed by atoms with van der Waals surface area (Å²) in [6.45, 7) is 11.8. The second-order valence-corrected chi connectivity index (χ2v) is 9.59. The second-order valence-electron chi connectivity index (χ2n) is 9.59. The Balaban J connectivity index is 1.91. The minimum absolute atomic E-state index is 0.0160. The average Bonchev–Trinajstić information content (AvgIpc) is 3.48. The topological polar surface area (TPSA) is 79.0 Å². The standard InChI is InChI=1S/C23H33N3O4/c1-14(2)15(3)24-12-20(27)25-13-21(28)26(17-8-9-17)18-10-7-16(11-19(18)25)22(29)30-23(4,5)6/h7,10-11,14-15,17,24H,8-9,12-13H2,1-6H3/t15-/m0/s1. The van der Waals surface area contributed by atoms with E-state index in [4.69, 9.17) is 4.74 Å². The van der Waals surface area contributed by atoms with Gasteiger partial charge in [-0.3, -0.25) is 14.5 Å². The number of ether oxygens (including phenoxy) is 1. The lowest BCUT2D eigenvalue weighted by molar-refractivity contribution is -0.122. The molecule has 1 aromatic rings. The normalized spacial score (nSPS) is 17.8. The van der Waals surface area contributed by atoms with Crippen molar-refractivity contribution in [2.45, 2.75) is 72.1 Å². The van der Waals surface area contributed by atoms with Crippen molar-refractivity contribution in [3.05, 3.63) is 23.8 Å². The molecule has 0 spiro atoms. The van der Waals surface area contributed by atoms with E-state index >= 15 is 0 Å². The highest BCUT2D eigenvalue weighted by molar-refractivity contribution is 6.12. The van der Waals surface area contributed by atoms with Crippen LogP contribution >= 0.6 is 0 Å². The molecule has 1 aliphatic heterocycles. The van der Waals surface area contributed by atoms with Crippen LogP contribution in [0, 0.1) is 5.92 Å². The first kappa shape index (κ1) is 22.3. The van der Waals surface area contributed by atoms with E-state index in [0.717, 1.165) is 12.8 Å². The summed E-state index contributed by atoms with van der Waals surface area (Å²) >= 11 is 0. The minimum atomic E-state index is -0.616. The highest BCUT2D eigenvalue weighted by Gasteiger charge is 2.41. The molecule has 0 radical (unpaired) electrons. The van der Waals surface area contributed by atoms with Gasteiger partial charge in [0.15, 0.2) is 0 Å². The van der Waals surface area contributed by atoms with Gasteiger partial charge in [-0.2, -0.15) is 0 Å². The molecule has 2 aliphatic rings. The Bertz CT molecular complexity index is 839. The number of carbonyl (C=O) groups excluding carboxylic acids is 3. The van der Waals surface area contributed by atoms with Crippen molar-refractivity contribution in [2.75, 3.05) is 22.9 Å². The zero-order valence-corrected chi connectivity index (χ0v) is 18.8. The molecular formula is C23H33N3O4. The van der Waals surface area contributed by atoms with Crippen molar-refractivity contribution in [3.63, 3.8) is 0 Å². The zero-order valence-electron chi connectivity index (χ0n) is 18.8. The number of nitrogens with one attached hydrogen (secondary N) is 1. The fourth-order valence-corrected chi connectivity index (χ4v) is 3.37. The Kier molecular flexibility index (Phi) is 6.22. The summed E-state index contributed by atoms with van der Waals surface area (Å²) in [5.74, 6) is -0.328. The van der Waals surface area contributed by atoms with Crippen LogP contribution in [0.4, 0.5) is 11.4 Å². The quantitative estimate of drug-likeness (QED) is 0.722. The molecule has 1 atom stereocenters. The number of nitrogens with zero attached hydrogens (tertiary/aromatic N) is 2. The summed E-state index contributed by atoms with van der Waals surface area (Å²) in [5, 5.41) is 3.23. The first-order chi connectivity index (χ1) is 14.0. The number of hydrogen-bond donors (Lipinski definition) is 1. The van der Waals surface area contributed by atoms with E-state index in [1.165, 1.54) is 4.90 Å². The van der Waals surface area contributed by atoms with Gasteiger partial charge >= 0.3 is 5.97 Å². The van der Waals surface area contributed by atoms with Gasteiger partial charge in [-0.05, 0) is 64.7 Å². The van der Waals surface area contributed by atoms with Crippen LogP contribution in [0.25, 0.3) is 0 Å². The number of anilines is 2. The molecule has 164 valence electrons. The van der Waals surface area contributed by atoms with Crippen molar-refractivity contribution >= 4 is 29.2 Å². The number of hydrogen-bond acceptors (Lipinski definition) is 5. The van der Waals surface area contributed by atoms with Gasteiger partial charge in [0.05, 0.1) is 23.5 Å². The van der Waals surface area contributed by atoms with Crippen molar-refractivity contribution in [1.82, 2.24) is 5.32 Å². The summed E-state index contributed by atoms with van der Waals surface area (Å²) in [6, 6.07) is 5.46. The van der Waals surface area contributed by atoms with Gasteiger partial charge in [0, 0.05) is 12.1 Å². The van der Waals surface area contributed by atoms with Crippen LogP contribution in [0.1, 0.15) is 64.7 Å². The van der Waals surface area contributed by atoms with Gasteiger partial charge in [0.1, 0.15) is 12.1 Å². The second kappa shape index (κ2) is 8.38. The molecular weight excluding hydrogens is 382 g/mol. The Morgan fingerprint density at radius 2 is 1.83 bits per heavy atom. The molecule has 2 amide bonds. The number of esters is 1. The molecule has 0 aromatic heterocycles. The van der Waals surface area contributed by atoms with Gasteiger partial charge in [0.2, 0.25) is 11.8 Å². The zero-order chi connectivity index (χ0) is 22.2. The monoisotopic (exact) mass is 415 g/mol. The Morgan fingerprint density at radius 3 is 2.40 bits per heavy atom. The number of carbonyl (C=O) groups is 3. The summed E-state index contributed by atoms with van der Waals surface area (Å²) in [6.07, 6.45) is 1.92. The minimum Gasteiger partial charge on any atom is -0.456 e. The van der Waals surface area contributed by atoms with Gasteiger partial charge < -0.3 is 15.0 Å². The highest BCUT2D eigenvalue weighted by atomic mass is 16.6. The smallest absolute Gasteiger partial charge is 0.338 e. The lowest BCUT2D eigenvalue weighted by Gasteiger charge is -2.37. The Labute approximate surface area is 178 Å². The molecule has 1 aliphatic carbocycles. The van der Waals surface area contributed by atoms with Crippen LogP contribution in [0.3, 0.4) is 0 Å². The molecule has 3 rings (SSSR count). The molecule has 7 heteroatoms. The average molecular weight is 416 g/mol. The van der Waals surface area contributed by atoms with E-state index in [0.29, 0.717) is 22.9 Å². The SMILES string of the molecule is CC(C)[C@H](C)NCC(=O)N1CC(=O)N(C2CC2)c2ccc(C(=O)OC(C)(C)C)cc21. The lowest BCUT2D eigenvalue weighted by Crippen LogP contribution is -2.51. The third-order valence-electron chi connectivity index (χ3n) is 5.51.